The van der Waals surface area contributed by atoms with E-state index in [2.05, 4.69) is 4.98 Å². The third-order valence-corrected chi connectivity index (χ3v) is 2.53. The highest BCUT2D eigenvalue weighted by Gasteiger charge is 2.38. The van der Waals surface area contributed by atoms with Gasteiger partial charge in [0.15, 0.2) is 6.10 Å². The van der Waals surface area contributed by atoms with Crippen LogP contribution in [0.3, 0.4) is 0 Å². The van der Waals surface area contributed by atoms with Crippen LogP contribution in [0, 0.1) is 0 Å². The normalized spacial score (nSPS) is 13.6. The number of pyridine rings is 1. The van der Waals surface area contributed by atoms with Crippen molar-refractivity contribution in [2.24, 2.45) is 0 Å². The highest BCUT2D eigenvalue weighted by atomic mass is 19.4. The fraction of sp³-hybridized carbons (Fsp3) is 0.250. The summed E-state index contributed by atoms with van der Waals surface area (Å²) in [4.78, 5) is 4.02. The van der Waals surface area contributed by atoms with Gasteiger partial charge in [0.05, 0.1) is 11.2 Å². The number of nitrogens with two attached hydrogens (primary N) is 1. The molecule has 0 saturated heterocycles. The molecule has 0 aliphatic carbocycles. The van der Waals surface area contributed by atoms with E-state index < -0.39 is 12.3 Å². The van der Waals surface area contributed by atoms with Gasteiger partial charge in [0, 0.05) is 11.6 Å². The Balaban J connectivity index is 2.44. The van der Waals surface area contributed by atoms with Gasteiger partial charge >= 0.3 is 6.18 Å². The number of nitrogens with zero attached hydrogens (tertiary/aromatic N) is 1. The third kappa shape index (κ3) is 2.32. The Morgan fingerprint density at radius 3 is 2.67 bits per heavy atom. The van der Waals surface area contributed by atoms with Gasteiger partial charge in [-0.1, -0.05) is 0 Å². The van der Waals surface area contributed by atoms with E-state index in [1.165, 1.54) is 18.3 Å². The molecule has 0 radical (unpaired) electrons. The molecule has 0 saturated carbocycles. The Bertz CT molecular complexity index is 569. The molecule has 0 spiro atoms. The molecule has 1 atom stereocenters. The van der Waals surface area contributed by atoms with Gasteiger partial charge in [0.1, 0.15) is 5.75 Å². The summed E-state index contributed by atoms with van der Waals surface area (Å²) in [5.41, 5.74) is 6.54. The van der Waals surface area contributed by atoms with Gasteiger partial charge < -0.3 is 10.5 Å². The van der Waals surface area contributed by atoms with Crippen molar-refractivity contribution >= 4 is 16.6 Å². The standard InChI is InChI=1S/C12H11F3N2O/c1-7(12(13,14)15)18-10-5-4-9(16)11-8(10)3-2-6-17-11/h2-7H,16H2,1H3. The van der Waals surface area contributed by atoms with Gasteiger partial charge in [0.2, 0.25) is 0 Å². The van der Waals surface area contributed by atoms with Crippen LogP contribution in [-0.4, -0.2) is 17.3 Å². The molecule has 1 heterocycles. The quantitative estimate of drug-likeness (QED) is 0.840. The van der Waals surface area contributed by atoms with Crippen molar-refractivity contribution < 1.29 is 17.9 Å². The summed E-state index contributed by atoms with van der Waals surface area (Å²) in [6.45, 7) is 0.957. The van der Waals surface area contributed by atoms with E-state index in [0.29, 0.717) is 16.6 Å². The monoisotopic (exact) mass is 256 g/mol. The van der Waals surface area contributed by atoms with E-state index in [1.54, 1.807) is 12.1 Å². The molecule has 3 nitrogen and oxygen atoms in total. The van der Waals surface area contributed by atoms with Crippen molar-refractivity contribution in [1.29, 1.82) is 0 Å². The Morgan fingerprint density at radius 2 is 2.00 bits per heavy atom. The highest BCUT2D eigenvalue weighted by Crippen LogP contribution is 2.31. The summed E-state index contributed by atoms with van der Waals surface area (Å²) < 4.78 is 42.3. The first-order valence-corrected chi connectivity index (χ1v) is 5.26. The van der Waals surface area contributed by atoms with Gasteiger partial charge in [0.25, 0.3) is 0 Å². The number of benzene rings is 1. The molecular weight excluding hydrogens is 245 g/mol. The summed E-state index contributed by atoms with van der Waals surface area (Å²) >= 11 is 0. The molecule has 2 N–H and O–H groups in total. The predicted octanol–water partition coefficient (Wildman–Crippen LogP) is 3.15. The minimum Gasteiger partial charge on any atom is -0.481 e. The van der Waals surface area contributed by atoms with Gasteiger partial charge in [-0.15, -0.1) is 0 Å². The molecule has 2 rings (SSSR count). The maximum atomic E-state index is 12.4. The second-order valence-electron chi connectivity index (χ2n) is 3.85. The molecule has 2 aromatic rings. The fourth-order valence-corrected chi connectivity index (χ4v) is 1.53. The molecule has 0 aliphatic rings. The maximum absolute atomic E-state index is 12.4. The summed E-state index contributed by atoms with van der Waals surface area (Å²) in [5, 5.41) is 0.466. The minimum absolute atomic E-state index is 0.122. The Labute approximate surface area is 101 Å². The zero-order chi connectivity index (χ0) is 13.3. The van der Waals surface area contributed by atoms with Crippen LogP contribution in [0.25, 0.3) is 10.9 Å². The van der Waals surface area contributed by atoms with Crippen molar-refractivity contribution in [2.45, 2.75) is 19.2 Å². The minimum atomic E-state index is -4.41. The summed E-state index contributed by atoms with van der Waals surface area (Å²) in [5.74, 6) is 0.122. The summed E-state index contributed by atoms with van der Waals surface area (Å²) in [7, 11) is 0. The second-order valence-corrected chi connectivity index (χ2v) is 3.85. The SMILES string of the molecule is CC(Oc1ccc(N)c2ncccc12)C(F)(F)F. The Kier molecular flexibility index (Phi) is 3.02. The molecule has 1 aromatic carbocycles. The molecule has 18 heavy (non-hydrogen) atoms. The molecular formula is C12H11F3N2O. The van der Waals surface area contributed by atoms with Crippen LogP contribution in [0.15, 0.2) is 30.5 Å². The van der Waals surface area contributed by atoms with Crippen molar-refractivity contribution in [3.63, 3.8) is 0 Å². The lowest BCUT2D eigenvalue weighted by Crippen LogP contribution is -2.31. The van der Waals surface area contributed by atoms with Gasteiger partial charge in [-0.25, -0.2) is 0 Å². The number of fused-ring (bicyclic) bond motifs is 1. The van der Waals surface area contributed by atoms with Crippen LogP contribution in [0.5, 0.6) is 5.75 Å². The molecule has 1 aromatic heterocycles. The molecule has 0 aliphatic heterocycles. The number of hydrogen-bond acceptors (Lipinski definition) is 3. The van der Waals surface area contributed by atoms with Gasteiger partial charge in [-0.3, -0.25) is 4.98 Å². The largest absolute Gasteiger partial charge is 0.481 e. The zero-order valence-electron chi connectivity index (χ0n) is 9.53. The van der Waals surface area contributed by atoms with E-state index in [1.807, 2.05) is 0 Å². The maximum Gasteiger partial charge on any atom is 0.425 e. The molecule has 6 heteroatoms. The molecule has 0 amide bonds. The molecule has 96 valence electrons. The summed E-state index contributed by atoms with van der Waals surface area (Å²) in [6, 6.07) is 6.14. The Morgan fingerprint density at radius 1 is 1.28 bits per heavy atom. The van der Waals surface area contributed by atoms with Crippen molar-refractivity contribution in [2.75, 3.05) is 5.73 Å². The number of anilines is 1. The van der Waals surface area contributed by atoms with Crippen LogP contribution in [-0.2, 0) is 0 Å². The molecule has 0 fully saturated rings. The predicted molar refractivity (Wildman–Crippen MR) is 62.3 cm³/mol. The highest BCUT2D eigenvalue weighted by molar-refractivity contribution is 5.93. The molecule has 1 unspecified atom stereocenters. The number of hydrogen-bond donors (Lipinski definition) is 1. The average Bonchev–Trinajstić information content (AvgIpc) is 2.32. The van der Waals surface area contributed by atoms with E-state index >= 15 is 0 Å². The van der Waals surface area contributed by atoms with Crippen molar-refractivity contribution in [1.82, 2.24) is 4.98 Å². The Hall–Kier alpha value is -1.98. The second kappa shape index (κ2) is 4.36. The zero-order valence-corrected chi connectivity index (χ0v) is 9.53. The fourth-order valence-electron chi connectivity index (χ4n) is 1.53. The van der Waals surface area contributed by atoms with Gasteiger partial charge in [-0.2, -0.15) is 13.2 Å². The number of rotatable bonds is 2. The van der Waals surface area contributed by atoms with Crippen LogP contribution < -0.4 is 10.5 Å². The van der Waals surface area contributed by atoms with Crippen LogP contribution in [0.4, 0.5) is 18.9 Å². The number of ether oxygens (including phenoxy) is 1. The first-order valence-electron chi connectivity index (χ1n) is 5.26. The van der Waals surface area contributed by atoms with E-state index in [-0.39, 0.29) is 5.75 Å². The lowest BCUT2D eigenvalue weighted by atomic mass is 10.1. The number of halogens is 3. The van der Waals surface area contributed by atoms with Crippen LogP contribution in [0.1, 0.15) is 6.92 Å². The van der Waals surface area contributed by atoms with E-state index in [9.17, 15) is 13.2 Å². The van der Waals surface area contributed by atoms with Crippen molar-refractivity contribution in [3.05, 3.63) is 30.5 Å². The van der Waals surface area contributed by atoms with E-state index in [0.717, 1.165) is 6.92 Å². The molecule has 0 bridgehead atoms. The topological polar surface area (TPSA) is 48.1 Å². The van der Waals surface area contributed by atoms with E-state index in [4.69, 9.17) is 10.5 Å². The average molecular weight is 256 g/mol. The van der Waals surface area contributed by atoms with Gasteiger partial charge in [-0.05, 0) is 31.2 Å². The smallest absolute Gasteiger partial charge is 0.425 e. The number of aromatic nitrogens is 1. The number of alkyl halides is 3. The first kappa shape index (κ1) is 12.5. The summed E-state index contributed by atoms with van der Waals surface area (Å²) in [6.07, 6.45) is -4.77. The van der Waals surface area contributed by atoms with Crippen LogP contribution in [0.2, 0.25) is 0 Å². The first-order chi connectivity index (χ1) is 8.39. The lowest BCUT2D eigenvalue weighted by Gasteiger charge is -2.18. The third-order valence-electron chi connectivity index (χ3n) is 2.53. The number of nitrogen functional groups attached to an aromatic ring is 1. The lowest BCUT2D eigenvalue weighted by molar-refractivity contribution is -0.188. The van der Waals surface area contributed by atoms with Crippen LogP contribution >= 0.6 is 0 Å². The van der Waals surface area contributed by atoms with Crippen molar-refractivity contribution in [3.8, 4) is 5.75 Å².